The van der Waals surface area contributed by atoms with Gasteiger partial charge in [-0.1, -0.05) is 20.8 Å². The summed E-state index contributed by atoms with van der Waals surface area (Å²) in [5.41, 5.74) is 6.77. The smallest absolute Gasteiger partial charge is 0.133 e. The van der Waals surface area contributed by atoms with Crippen molar-refractivity contribution in [2.75, 3.05) is 44.2 Å². The van der Waals surface area contributed by atoms with Crippen LogP contribution in [0.4, 0.5) is 5.82 Å². The molecule has 1 aliphatic heterocycles. The molecule has 0 spiro atoms. The molecule has 1 fully saturated rings. The minimum atomic E-state index is 0.371. The second-order valence-electron chi connectivity index (χ2n) is 6.51. The first-order chi connectivity index (χ1) is 9.99. The van der Waals surface area contributed by atoms with Crippen LogP contribution in [0.3, 0.4) is 0 Å². The third kappa shape index (κ3) is 4.38. The Hall–Kier alpha value is -1.20. The van der Waals surface area contributed by atoms with E-state index in [0.717, 1.165) is 56.6 Å². The van der Waals surface area contributed by atoms with Crippen LogP contribution in [0, 0.1) is 12.8 Å². The maximum absolute atomic E-state index is 5.72. The molecule has 5 heteroatoms. The molecule has 1 saturated heterocycles. The fraction of sp³-hybridized carbons (Fsp3) is 0.750. The molecule has 0 aliphatic carbocycles. The zero-order chi connectivity index (χ0) is 15.4. The third-order valence-electron chi connectivity index (χ3n) is 4.04. The van der Waals surface area contributed by atoms with Crippen molar-refractivity contribution in [3.8, 4) is 0 Å². The third-order valence-corrected chi connectivity index (χ3v) is 4.04. The number of piperazine rings is 1. The largest absolute Gasteiger partial charge is 0.354 e. The van der Waals surface area contributed by atoms with E-state index in [2.05, 4.69) is 48.5 Å². The van der Waals surface area contributed by atoms with Gasteiger partial charge in [0.15, 0.2) is 0 Å². The molecule has 5 nitrogen and oxygen atoms in total. The number of nitrogens with zero attached hydrogens (tertiary/aromatic N) is 4. The minimum Gasteiger partial charge on any atom is -0.354 e. The zero-order valence-electron chi connectivity index (χ0n) is 13.8. The zero-order valence-corrected chi connectivity index (χ0v) is 13.8. The monoisotopic (exact) mass is 291 g/mol. The van der Waals surface area contributed by atoms with Gasteiger partial charge in [0.05, 0.1) is 0 Å². The van der Waals surface area contributed by atoms with E-state index in [4.69, 9.17) is 10.7 Å². The molecule has 0 amide bonds. The van der Waals surface area contributed by atoms with Crippen LogP contribution in [-0.2, 0) is 0 Å². The van der Waals surface area contributed by atoms with Gasteiger partial charge in [-0.3, -0.25) is 4.90 Å². The predicted octanol–water partition coefficient (Wildman–Crippen LogP) is 1.63. The van der Waals surface area contributed by atoms with Gasteiger partial charge in [0.25, 0.3) is 0 Å². The molecule has 0 saturated carbocycles. The van der Waals surface area contributed by atoms with Gasteiger partial charge in [-0.05, 0) is 19.4 Å². The van der Waals surface area contributed by atoms with Crippen LogP contribution in [0.2, 0.25) is 0 Å². The number of aromatic nitrogens is 2. The lowest BCUT2D eigenvalue weighted by atomic mass is 10.1. The van der Waals surface area contributed by atoms with Crippen molar-refractivity contribution >= 4 is 5.82 Å². The van der Waals surface area contributed by atoms with E-state index in [0.29, 0.717) is 11.8 Å². The summed E-state index contributed by atoms with van der Waals surface area (Å²) in [6, 6.07) is 2.10. The molecule has 1 aromatic rings. The summed E-state index contributed by atoms with van der Waals surface area (Å²) in [4.78, 5) is 14.2. The topological polar surface area (TPSA) is 58.3 Å². The Balaban J connectivity index is 1.99. The summed E-state index contributed by atoms with van der Waals surface area (Å²) < 4.78 is 0. The average molecular weight is 291 g/mol. The maximum Gasteiger partial charge on any atom is 0.133 e. The van der Waals surface area contributed by atoms with E-state index in [-0.39, 0.29) is 0 Å². The lowest BCUT2D eigenvalue weighted by Gasteiger charge is -2.36. The highest BCUT2D eigenvalue weighted by atomic mass is 15.3. The second kappa shape index (κ2) is 7.18. The van der Waals surface area contributed by atoms with Crippen LogP contribution < -0.4 is 10.6 Å². The summed E-state index contributed by atoms with van der Waals surface area (Å²) in [6.45, 7) is 14.7. The van der Waals surface area contributed by atoms with Crippen LogP contribution >= 0.6 is 0 Å². The van der Waals surface area contributed by atoms with Crippen LogP contribution in [0.5, 0.6) is 0 Å². The van der Waals surface area contributed by atoms with Crippen molar-refractivity contribution in [2.45, 2.75) is 33.6 Å². The van der Waals surface area contributed by atoms with E-state index >= 15 is 0 Å². The summed E-state index contributed by atoms with van der Waals surface area (Å²) >= 11 is 0. The standard InChI is InChI=1S/C16H29N5/c1-12(2)16-18-14(4)9-15(19-16)21-7-5-20(6-8-21)11-13(3)10-17/h9,12-13H,5-8,10-11,17H2,1-4H3. The number of aryl methyl sites for hydroxylation is 1. The lowest BCUT2D eigenvalue weighted by Crippen LogP contribution is -2.48. The van der Waals surface area contributed by atoms with Gasteiger partial charge in [-0.2, -0.15) is 0 Å². The van der Waals surface area contributed by atoms with Crippen molar-refractivity contribution in [2.24, 2.45) is 11.7 Å². The normalized spacial score (nSPS) is 18.3. The molecular formula is C16H29N5. The fourth-order valence-corrected chi connectivity index (χ4v) is 2.67. The van der Waals surface area contributed by atoms with E-state index < -0.39 is 0 Å². The first-order valence-corrected chi connectivity index (χ1v) is 8.02. The minimum absolute atomic E-state index is 0.371. The Morgan fingerprint density at radius 1 is 1.14 bits per heavy atom. The predicted molar refractivity (Wildman–Crippen MR) is 87.7 cm³/mol. The molecule has 1 aromatic heterocycles. The molecular weight excluding hydrogens is 262 g/mol. The molecule has 1 unspecified atom stereocenters. The van der Waals surface area contributed by atoms with E-state index in [9.17, 15) is 0 Å². The number of anilines is 1. The summed E-state index contributed by atoms with van der Waals surface area (Å²) in [5, 5.41) is 0. The van der Waals surface area contributed by atoms with E-state index in [1.54, 1.807) is 0 Å². The van der Waals surface area contributed by atoms with Crippen molar-refractivity contribution in [3.63, 3.8) is 0 Å². The number of nitrogens with two attached hydrogens (primary N) is 1. The van der Waals surface area contributed by atoms with Crippen molar-refractivity contribution < 1.29 is 0 Å². The average Bonchev–Trinajstić information content (AvgIpc) is 2.47. The van der Waals surface area contributed by atoms with Crippen LogP contribution in [-0.4, -0.2) is 54.1 Å². The highest BCUT2D eigenvalue weighted by Gasteiger charge is 2.20. The number of hydrogen-bond acceptors (Lipinski definition) is 5. The summed E-state index contributed by atoms with van der Waals surface area (Å²) in [6.07, 6.45) is 0. The highest BCUT2D eigenvalue weighted by Crippen LogP contribution is 2.18. The molecule has 1 atom stereocenters. The maximum atomic E-state index is 5.72. The fourth-order valence-electron chi connectivity index (χ4n) is 2.67. The molecule has 2 heterocycles. The Labute approximate surface area is 128 Å². The Bertz CT molecular complexity index is 452. The first-order valence-electron chi connectivity index (χ1n) is 8.02. The first kappa shape index (κ1) is 16.2. The summed E-state index contributed by atoms with van der Waals surface area (Å²) in [5.74, 6) is 2.97. The molecule has 1 aliphatic rings. The van der Waals surface area contributed by atoms with Gasteiger partial charge < -0.3 is 10.6 Å². The van der Waals surface area contributed by atoms with Crippen molar-refractivity contribution in [1.29, 1.82) is 0 Å². The van der Waals surface area contributed by atoms with E-state index in [1.807, 2.05) is 0 Å². The Morgan fingerprint density at radius 2 is 1.81 bits per heavy atom. The molecule has 0 bridgehead atoms. The van der Waals surface area contributed by atoms with Crippen LogP contribution in [0.25, 0.3) is 0 Å². The highest BCUT2D eigenvalue weighted by molar-refractivity contribution is 5.40. The van der Waals surface area contributed by atoms with Gasteiger partial charge in [0, 0.05) is 50.4 Å². The molecule has 0 aromatic carbocycles. The molecule has 2 N–H and O–H groups in total. The van der Waals surface area contributed by atoms with Crippen LogP contribution in [0.1, 0.15) is 38.2 Å². The molecule has 21 heavy (non-hydrogen) atoms. The second-order valence-corrected chi connectivity index (χ2v) is 6.51. The molecule has 0 radical (unpaired) electrons. The summed E-state index contributed by atoms with van der Waals surface area (Å²) in [7, 11) is 0. The number of hydrogen-bond donors (Lipinski definition) is 1. The van der Waals surface area contributed by atoms with E-state index in [1.165, 1.54) is 0 Å². The molecule has 2 rings (SSSR count). The quantitative estimate of drug-likeness (QED) is 0.893. The SMILES string of the molecule is Cc1cc(N2CCN(CC(C)CN)CC2)nc(C(C)C)n1. The molecule has 118 valence electrons. The van der Waals surface area contributed by atoms with Gasteiger partial charge in [-0.25, -0.2) is 9.97 Å². The van der Waals surface area contributed by atoms with Gasteiger partial charge >= 0.3 is 0 Å². The Kier molecular flexibility index (Phi) is 5.53. The van der Waals surface area contributed by atoms with Gasteiger partial charge in [0.2, 0.25) is 0 Å². The Morgan fingerprint density at radius 3 is 2.38 bits per heavy atom. The van der Waals surface area contributed by atoms with Gasteiger partial charge in [-0.15, -0.1) is 0 Å². The van der Waals surface area contributed by atoms with Gasteiger partial charge in [0.1, 0.15) is 11.6 Å². The van der Waals surface area contributed by atoms with Crippen molar-refractivity contribution in [1.82, 2.24) is 14.9 Å². The van der Waals surface area contributed by atoms with Crippen molar-refractivity contribution in [3.05, 3.63) is 17.6 Å². The number of rotatable bonds is 5. The van der Waals surface area contributed by atoms with Crippen LogP contribution in [0.15, 0.2) is 6.07 Å². The lowest BCUT2D eigenvalue weighted by molar-refractivity contribution is 0.226.